The van der Waals surface area contributed by atoms with Gasteiger partial charge in [-0.2, -0.15) is 13.2 Å². The average molecular weight is 388 g/mol. The Balaban J connectivity index is 1.75. The van der Waals surface area contributed by atoms with Crippen LogP contribution in [0.3, 0.4) is 0 Å². The molecule has 0 saturated carbocycles. The molecular formula is C17H19F3N2O5. The maximum absolute atomic E-state index is 13.2. The van der Waals surface area contributed by atoms with Gasteiger partial charge in [0.15, 0.2) is 6.29 Å². The third-order valence-electron chi connectivity index (χ3n) is 4.13. The number of alkyl halides is 3. The lowest BCUT2D eigenvalue weighted by Crippen LogP contribution is -2.33. The molecule has 2 aliphatic heterocycles. The summed E-state index contributed by atoms with van der Waals surface area (Å²) in [5, 5.41) is 4.86. The van der Waals surface area contributed by atoms with E-state index in [-0.39, 0.29) is 17.8 Å². The van der Waals surface area contributed by atoms with Crippen LogP contribution >= 0.6 is 0 Å². The van der Waals surface area contributed by atoms with Gasteiger partial charge in [-0.1, -0.05) is 0 Å². The van der Waals surface area contributed by atoms with Crippen molar-refractivity contribution in [1.29, 1.82) is 0 Å². The van der Waals surface area contributed by atoms with Gasteiger partial charge in [0.05, 0.1) is 25.3 Å². The van der Waals surface area contributed by atoms with Crippen molar-refractivity contribution in [3.63, 3.8) is 0 Å². The lowest BCUT2D eigenvalue weighted by Gasteiger charge is -2.15. The zero-order chi connectivity index (χ0) is 19.4. The third kappa shape index (κ3) is 5.18. The van der Waals surface area contributed by atoms with Crippen molar-refractivity contribution in [2.45, 2.75) is 31.4 Å². The van der Waals surface area contributed by atoms with E-state index in [2.05, 4.69) is 10.6 Å². The second-order valence-electron chi connectivity index (χ2n) is 6.17. The summed E-state index contributed by atoms with van der Waals surface area (Å²) < 4.78 is 55.1. The number of carbonyl (C=O) groups is 2. The van der Waals surface area contributed by atoms with Gasteiger partial charge in [0.2, 0.25) is 0 Å². The summed E-state index contributed by atoms with van der Waals surface area (Å²) in [6.07, 6.45) is -4.79. The Labute approximate surface area is 153 Å². The highest BCUT2D eigenvalue weighted by atomic mass is 19.4. The van der Waals surface area contributed by atoms with E-state index >= 15 is 0 Å². The lowest BCUT2D eigenvalue weighted by molar-refractivity contribution is -0.137. The number of ether oxygens (including phenoxy) is 3. The summed E-state index contributed by atoms with van der Waals surface area (Å²) in [4.78, 5) is 24.4. The van der Waals surface area contributed by atoms with Crippen LogP contribution in [0.15, 0.2) is 18.2 Å². The molecule has 2 heterocycles. The average Bonchev–Trinajstić information content (AvgIpc) is 3.32. The van der Waals surface area contributed by atoms with Crippen molar-refractivity contribution in [2.24, 2.45) is 0 Å². The number of hydrogen-bond acceptors (Lipinski definition) is 5. The number of rotatable bonds is 5. The van der Waals surface area contributed by atoms with Crippen molar-refractivity contribution in [3.05, 3.63) is 29.3 Å². The highest BCUT2D eigenvalue weighted by molar-refractivity contribution is 5.98. The van der Waals surface area contributed by atoms with E-state index in [1.165, 1.54) is 6.07 Å². The molecular weight excluding hydrogens is 369 g/mol. The Morgan fingerprint density at radius 3 is 2.44 bits per heavy atom. The van der Waals surface area contributed by atoms with E-state index in [4.69, 9.17) is 14.2 Å². The minimum Gasteiger partial charge on any atom is -0.368 e. The normalized spacial score (nSPS) is 20.6. The molecule has 0 spiro atoms. The number of carbonyl (C=O) groups excluding carboxylic acids is 2. The first-order valence-electron chi connectivity index (χ1n) is 8.49. The fraction of sp³-hybridized carbons (Fsp3) is 0.529. The highest BCUT2D eigenvalue weighted by Crippen LogP contribution is 2.32. The Hall–Kier alpha value is -2.17. The largest absolute Gasteiger partial charge is 0.416 e. The Kier molecular flexibility index (Phi) is 5.98. The molecule has 27 heavy (non-hydrogen) atoms. The lowest BCUT2D eigenvalue weighted by atomic mass is 10.1. The molecule has 10 heteroatoms. The van der Waals surface area contributed by atoms with Crippen molar-refractivity contribution in [3.8, 4) is 0 Å². The van der Waals surface area contributed by atoms with E-state index in [0.29, 0.717) is 32.7 Å². The molecule has 0 radical (unpaired) electrons. The number of hydrogen-bond donors (Lipinski definition) is 2. The second kappa shape index (κ2) is 8.24. The molecule has 2 fully saturated rings. The summed E-state index contributed by atoms with van der Waals surface area (Å²) in [6, 6.07) is 2.70. The molecule has 148 valence electrons. The molecule has 0 aliphatic carbocycles. The zero-order valence-electron chi connectivity index (χ0n) is 14.3. The molecule has 2 amide bonds. The molecule has 2 aliphatic rings. The number of amides is 2. The van der Waals surface area contributed by atoms with Crippen LogP contribution in [0, 0.1) is 0 Å². The van der Waals surface area contributed by atoms with Gasteiger partial charge in [0, 0.05) is 17.9 Å². The van der Waals surface area contributed by atoms with Crippen LogP contribution in [-0.2, 0) is 25.2 Å². The first-order chi connectivity index (χ1) is 12.8. The molecule has 1 unspecified atom stereocenters. The first-order valence-corrected chi connectivity index (χ1v) is 8.49. The minimum absolute atomic E-state index is 0.00663. The quantitative estimate of drug-likeness (QED) is 0.805. The van der Waals surface area contributed by atoms with E-state index in [9.17, 15) is 22.8 Å². The monoisotopic (exact) mass is 388 g/mol. The molecule has 0 bridgehead atoms. The maximum Gasteiger partial charge on any atom is 0.416 e. The number of anilines is 1. The first kappa shape index (κ1) is 19.6. The van der Waals surface area contributed by atoms with E-state index in [0.717, 1.165) is 12.1 Å². The smallest absolute Gasteiger partial charge is 0.368 e. The Bertz CT molecular complexity index is 698. The van der Waals surface area contributed by atoms with Gasteiger partial charge < -0.3 is 24.8 Å². The van der Waals surface area contributed by atoms with E-state index in [1.807, 2.05) is 0 Å². The Morgan fingerprint density at radius 2 is 1.81 bits per heavy atom. The van der Waals surface area contributed by atoms with Crippen LogP contribution in [0.25, 0.3) is 0 Å². The minimum atomic E-state index is -4.67. The van der Waals surface area contributed by atoms with Crippen molar-refractivity contribution >= 4 is 17.5 Å². The molecule has 1 aromatic rings. The van der Waals surface area contributed by atoms with Crippen LogP contribution < -0.4 is 10.6 Å². The summed E-state index contributed by atoms with van der Waals surface area (Å²) in [5.74, 6) is -1.27. The molecule has 7 nitrogen and oxygen atoms in total. The number of nitrogens with one attached hydrogen (secondary N) is 2. The summed E-state index contributed by atoms with van der Waals surface area (Å²) in [7, 11) is 0. The topological polar surface area (TPSA) is 85.9 Å². The van der Waals surface area contributed by atoms with Crippen molar-refractivity contribution in [2.75, 3.05) is 31.7 Å². The van der Waals surface area contributed by atoms with Gasteiger partial charge in [-0.3, -0.25) is 9.59 Å². The SMILES string of the molecule is O=C(NCC1OCCO1)c1cc(NC(=O)C2CCCO2)cc(C(F)(F)F)c1. The van der Waals surface area contributed by atoms with Crippen LogP contribution in [0.1, 0.15) is 28.8 Å². The Morgan fingerprint density at radius 1 is 1.07 bits per heavy atom. The molecule has 2 N–H and O–H groups in total. The van der Waals surface area contributed by atoms with Gasteiger partial charge in [-0.15, -0.1) is 0 Å². The number of halogens is 3. The van der Waals surface area contributed by atoms with Gasteiger partial charge >= 0.3 is 6.18 Å². The number of benzene rings is 1. The van der Waals surface area contributed by atoms with E-state index in [1.54, 1.807) is 0 Å². The summed E-state index contributed by atoms with van der Waals surface area (Å²) in [6.45, 7) is 1.22. The van der Waals surface area contributed by atoms with Crippen LogP contribution in [0.5, 0.6) is 0 Å². The summed E-state index contributed by atoms with van der Waals surface area (Å²) >= 11 is 0. The second-order valence-corrected chi connectivity index (χ2v) is 6.17. The van der Waals surface area contributed by atoms with Gasteiger partial charge in [0.1, 0.15) is 6.10 Å². The standard InChI is InChI=1S/C17H19F3N2O5/c18-17(19,20)11-6-10(15(23)21-9-14-26-4-5-27-14)7-12(8-11)22-16(24)13-2-1-3-25-13/h6-8,13-14H,1-5,9H2,(H,21,23)(H,22,24). The van der Waals surface area contributed by atoms with Crippen LogP contribution in [-0.4, -0.2) is 50.6 Å². The van der Waals surface area contributed by atoms with Gasteiger partial charge in [0.25, 0.3) is 11.8 Å². The van der Waals surface area contributed by atoms with Gasteiger partial charge in [-0.05, 0) is 31.0 Å². The molecule has 2 saturated heterocycles. The van der Waals surface area contributed by atoms with Gasteiger partial charge in [-0.25, -0.2) is 0 Å². The molecule has 1 aromatic carbocycles. The predicted octanol–water partition coefficient (Wildman–Crippen LogP) is 1.93. The summed E-state index contributed by atoms with van der Waals surface area (Å²) in [5.41, 5.74) is -1.39. The predicted molar refractivity (Wildman–Crippen MR) is 87.1 cm³/mol. The highest BCUT2D eigenvalue weighted by Gasteiger charge is 2.32. The van der Waals surface area contributed by atoms with Crippen molar-refractivity contribution < 1.29 is 37.0 Å². The molecule has 0 aromatic heterocycles. The maximum atomic E-state index is 13.2. The third-order valence-corrected chi connectivity index (χ3v) is 4.13. The zero-order valence-corrected chi connectivity index (χ0v) is 14.3. The molecule has 3 rings (SSSR count). The van der Waals surface area contributed by atoms with Crippen LogP contribution in [0.2, 0.25) is 0 Å². The molecule has 1 atom stereocenters. The fourth-order valence-electron chi connectivity index (χ4n) is 2.80. The van der Waals surface area contributed by atoms with Crippen molar-refractivity contribution in [1.82, 2.24) is 5.32 Å². The fourth-order valence-corrected chi connectivity index (χ4v) is 2.80. The van der Waals surface area contributed by atoms with Crippen LogP contribution in [0.4, 0.5) is 18.9 Å². The van der Waals surface area contributed by atoms with E-state index < -0.39 is 35.9 Å².